The summed E-state index contributed by atoms with van der Waals surface area (Å²) < 4.78 is 77.4. The van der Waals surface area contributed by atoms with E-state index in [2.05, 4.69) is 9.97 Å². The van der Waals surface area contributed by atoms with Crippen molar-refractivity contribution in [1.29, 1.82) is 0 Å². The number of halogens is 6. The summed E-state index contributed by atoms with van der Waals surface area (Å²) in [5.41, 5.74) is -6.21. The zero-order chi connectivity index (χ0) is 24.4. The van der Waals surface area contributed by atoms with Gasteiger partial charge in [0, 0.05) is 23.4 Å². The summed E-state index contributed by atoms with van der Waals surface area (Å²) in [5.74, 6) is -6.26. The van der Waals surface area contributed by atoms with Gasteiger partial charge in [-0.15, -0.1) is 11.8 Å². The van der Waals surface area contributed by atoms with E-state index in [1.54, 1.807) is 0 Å². The Morgan fingerprint density at radius 2 is 1.59 bits per heavy atom. The van der Waals surface area contributed by atoms with Gasteiger partial charge in [-0.05, 0) is 11.8 Å². The molecule has 0 aliphatic carbocycles. The highest BCUT2D eigenvalue weighted by Crippen LogP contribution is 2.37. The Kier molecular flexibility index (Phi) is 7.12. The van der Waals surface area contributed by atoms with E-state index in [1.165, 1.54) is 6.92 Å². The maximum atomic E-state index is 13.0. The molecule has 1 atom stereocenters. The number of aromatic nitrogens is 2. The lowest BCUT2D eigenvalue weighted by Crippen LogP contribution is -2.36. The number of nitrogens with zero attached hydrogens (tertiary/aromatic N) is 3. The van der Waals surface area contributed by atoms with E-state index in [9.17, 15) is 51.2 Å². The number of hydrogen-bond donors (Lipinski definition) is 0. The molecule has 2 aromatic heterocycles. The molecule has 0 N–H and O–H groups in total. The molecular formula is C17H10F6N3O5S-. The molecule has 0 aliphatic rings. The molecule has 1 unspecified atom stereocenters. The second kappa shape index (κ2) is 9.10. The van der Waals surface area contributed by atoms with Crippen LogP contribution in [0.5, 0.6) is 0 Å². The molecule has 0 aromatic carbocycles. The van der Waals surface area contributed by atoms with Crippen molar-refractivity contribution in [3.63, 3.8) is 0 Å². The summed E-state index contributed by atoms with van der Waals surface area (Å²) in [7, 11) is 0. The number of rotatable bonds is 7. The van der Waals surface area contributed by atoms with Crippen LogP contribution in [-0.4, -0.2) is 32.4 Å². The number of carboxylic acid groups (broad SMARTS) is 1. The van der Waals surface area contributed by atoms with Crippen LogP contribution in [0.15, 0.2) is 29.4 Å². The summed E-state index contributed by atoms with van der Waals surface area (Å²) in [5, 5.41) is 22.9. The maximum Gasteiger partial charge on any atom is 0.418 e. The fourth-order valence-electron chi connectivity index (χ4n) is 2.52. The van der Waals surface area contributed by atoms with Crippen LogP contribution in [0.4, 0.5) is 32.0 Å². The van der Waals surface area contributed by atoms with Gasteiger partial charge in [0.1, 0.15) is 17.3 Å². The van der Waals surface area contributed by atoms with Crippen LogP contribution in [0.3, 0.4) is 0 Å². The van der Waals surface area contributed by atoms with Crippen LogP contribution in [0.25, 0.3) is 0 Å². The number of ketones is 1. The molecule has 8 nitrogen and oxygen atoms in total. The number of thioether (sulfide) groups is 1. The second-order valence-corrected chi connectivity index (χ2v) is 7.31. The van der Waals surface area contributed by atoms with Crippen LogP contribution < -0.4 is 5.11 Å². The average Bonchev–Trinajstić information content (AvgIpc) is 2.66. The molecule has 0 spiro atoms. The third kappa shape index (κ3) is 5.33. The Morgan fingerprint density at radius 1 is 1.06 bits per heavy atom. The van der Waals surface area contributed by atoms with E-state index in [-0.39, 0.29) is 29.1 Å². The van der Waals surface area contributed by atoms with Gasteiger partial charge in [-0.3, -0.25) is 24.9 Å². The average molecular weight is 482 g/mol. The number of aliphatic carboxylic acids is 1. The molecule has 0 saturated heterocycles. The molecule has 0 bridgehead atoms. The van der Waals surface area contributed by atoms with Crippen LogP contribution >= 0.6 is 11.8 Å². The Labute approximate surface area is 178 Å². The standard InChI is InChI=1S/C17H11F6N3O5S/c1-2-32-10-4-8(17(21,22)23)6-25-13(10)14(27)11(15(28)29)12-9(26(30)31)3-7(5-24-12)16(18,19)20/h3-6,11H,2H2,1H3,(H,28,29)/p-1. The fourth-order valence-corrected chi connectivity index (χ4v) is 3.33. The van der Waals surface area contributed by atoms with Crippen molar-refractivity contribution in [1.82, 2.24) is 9.97 Å². The molecule has 0 saturated carbocycles. The summed E-state index contributed by atoms with van der Waals surface area (Å²) in [4.78, 5) is 40.5. The number of hydrogen-bond acceptors (Lipinski definition) is 8. The van der Waals surface area contributed by atoms with E-state index in [0.29, 0.717) is 17.8 Å². The second-order valence-electron chi connectivity index (χ2n) is 6.00. The van der Waals surface area contributed by atoms with E-state index < -0.39 is 63.1 Å². The van der Waals surface area contributed by atoms with Gasteiger partial charge in [-0.2, -0.15) is 26.3 Å². The summed E-state index contributed by atoms with van der Waals surface area (Å²) in [6.07, 6.45) is -9.54. The summed E-state index contributed by atoms with van der Waals surface area (Å²) >= 11 is 0.701. The lowest BCUT2D eigenvalue weighted by molar-refractivity contribution is -0.386. The number of carbonyl (C=O) groups excluding carboxylic acids is 2. The Bertz CT molecular complexity index is 1070. The van der Waals surface area contributed by atoms with Crippen LogP contribution in [0.2, 0.25) is 0 Å². The fraction of sp³-hybridized carbons (Fsp3) is 0.294. The normalized spacial score (nSPS) is 13.0. The van der Waals surface area contributed by atoms with Crippen molar-refractivity contribution in [3.05, 3.63) is 57.2 Å². The molecule has 15 heteroatoms. The molecule has 32 heavy (non-hydrogen) atoms. The highest BCUT2D eigenvalue weighted by atomic mass is 32.2. The molecule has 2 aromatic rings. The van der Waals surface area contributed by atoms with Crippen LogP contribution in [-0.2, 0) is 17.1 Å². The predicted molar refractivity (Wildman–Crippen MR) is 93.6 cm³/mol. The third-order valence-electron chi connectivity index (χ3n) is 3.91. The monoisotopic (exact) mass is 482 g/mol. The first-order valence-electron chi connectivity index (χ1n) is 8.35. The molecule has 2 rings (SSSR count). The lowest BCUT2D eigenvalue weighted by atomic mass is 9.95. The Morgan fingerprint density at radius 3 is 2.06 bits per heavy atom. The number of alkyl halides is 6. The van der Waals surface area contributed by atoms with E-state index in [4.69, 9.17) is 0 Å². The van der Waals surface area contributed by atoms with Gasteiger partial charge in [0.15, 0.2) is 5.78 Å². The largest absolute Gasteiger partial charge is 0.549 e. The lowest BCUT2D eigenvalue weighted by Gasteiger charge is -2.19. The number of carbonyl (C=O) groups is 2. The number of nitro groups is 1. The molecule has 0 radical (unpaired) electrons. The zero-order valence-electron chi connectivity index (χ0n) is 15.7. The molecule has 2 heterocycles. The number of pyridine rings is 2. The maximum absolute atomic E-state index is 13.0. The van der Waals surface area contributed by atoms with Gasteiger partial charge < -0.3 is 9.90 Å². The minimum atomic E-state index is -5.06. The van der Waals surface area contributed by atoms with Crippen LogP contribution in [0.1, 0.15) is 40.2 Å². The minimum Gasteiger partial charge on any atom is -0.549 e. The predicted octanol–water partition coefficient (Wildman–Crippen LogP) is 3.25. The van der Waals surface area contributed by atoms with Gasteiger partial charge >= 0.3 is 12.4 Å². The highest BCUT2D eigenvalue weighted by Gasteiger charge is 2.39. The quantitative estimate of drug-likeness (QED) is 0.147. The summed E-state index contributed by atoms with van der Waals surface area (Å²) in [6.45, 7) is 1.51. The third-order valence-corrected chi connectivity index (χ3v) is 4.82. The van der Waals surface area contributed by atoms with E-state index >= 15 is 0 Å². The van der Waals surface area contributed by atoms with Gasteiger partial charge in [0.05, 0.1) is 22.0 Å². The van der Waals surface area contributed by atoms with Crippen molar-refractivity contribution in [2.75, 3.05) is 5.75 Å². The Balaban J connectivity index is 2.68. The van der Waals surface area contributed by atoms with Gasteiger partial charge in [-0.25, -0.2) is 0 Å². The summed E-state index contributed by atoms with van der Waals surface area (Å²) in [6, 6.07) is 0.531. The zero-order valence-corrected chi connectivity index (χ0v) is 16.5. The van der Waals surface area contributed by atoms with Gasteiger partial charge in [-0.1, -0.05) is 6.92 Å². The minimum absolute atomic E-state index is 0.00651. The van der Waals surface area contributed by atoms with Gasteiger partial charge in [0.2, 0.25) is 0 Å². The first kappa shape index (κ1) is 25.0. The highest BCUT2D eigenvalue weighted by molar-refractivity contribution is 7.99. The number of carboxylic acids is 1. The first-order valence-corrected chi connectivity index (χ1v) is 9.33. The van der Waals surface area contributed by atoms with Crippen LogP contribution in [0, 0.1) is 10.1 Å². The molecule has 0 fully saturated rings. The van der Waals surface area contributed by atoms with Crippen molar-refractivity contribution in [2.24, 2.45) is 0 Å². The van der Waals surface area contributed by atoms with E-state index in [1.807, 2.05) is 0 Å². The molecule has 0 aliphatic heterocycles. The Hall–Kier alpha value is -3.23. The van der Waals surface area contributed by atoms with Crippen molar-refractivity contribution in [2.45, 2.75) is 30.1 Å². The van der Waals surface area contributed by atoms with Gasteiger partial charge in [0.25, 0.3) is 5.69 Å². The molecular weight excluding hydrogens is 472 g/mol. The SMILES string of the molecule is CCSc1cc(C(F)(F)F)cnc1C(=O)C(C(=O)[O-])c1ncc(C(F)(F)F)cc1[N+](=O)[O-]. The molecule has 172 valence electrons. The van der Waals surface area contributed by atoms with Crippen molar-refractivity contribution in [3.8, 4) is 0 Å². The van der Waals surface area contributed by atoms with Crippen molar-refractivity contribution < 1.29 is 46.0 Å². The smallest absolute Gasteiger partial charge is 0.418 e. The number of Topliss-reactive ketones (excluding diaryl/α,β-unsaturated/α-hetero) is 1. The van der Waals surface area contributed by atoms with E-state index in [0.717, 1.165) is 0 Å². The first-order chi connectivity index (χ1) is 14.7. The molecule has 0 amide bonds. The topological polar surface area (TPSA) is 126 Å². The van der Waals surface area contributed by atoms with Crippen molar-refractivity contribution >= 4 is 29.2 Å².